The number of rotatable bonds is 4. The molecule has 0 spiro atoms. The molecule has 3 heterocycles. The van der Waals surface area contributed by atoms with Crippen molar-refractivity contribution in [1.82, 2.24) is 14.5 Å². The third-order valence-corrected chi connectivity index (χ3v) is 8.68. The lowest BCUT2D eigenvalue weighted by atomic mass is 9.85. The van der Waals surface area contributed by atoms with E-state index in [2.05, 4.69) is 97.9 Å². The van der Waals surface area contributed by atoms with Crippen molar-refractivity contribution < 1.29 is 8.53 Å². The highest BCUT2D eigenvalue weighted by molar-refractivity contribution is 6.11. The summed E-state index contributed by atoms with van der Waals surface area (Å²) in [7, 11) is 0. The zero-order chi connectivity index (χ0) is 31.9. The van der Waals surface area contributed by atoms with Crippen molar-refractivity contribution >= 4 is 54.6 Å². The molecule has 0 aliphatic heterocycles. The quantitative estimate of drug-likeness (QED) is 0.200. The molecule has 0 aliphatic carbocycles. The fourth-order valence-electron chi connectivity index (χ4n) is 6.76. The van der Waals surface area contributed by atoms with Crippen LogP contribution in [0.4, 0.5) is 0 Å². The largest absolute Gasteiger partial charge is 0.437 e. The molecular weight excluding hydrogens is 526 g/mol. The summed E-state index contributed by atoms with van der Waals surface area (Å²) in [6.45, 7) is 6.72. The molecule has 3 aromatic heterocycles. The smallest absolute Gasteiger partial charge is 0.227 e. The summed E-state index contributed by atoms with van der Waals surface area (Å²) in [5, 5.41) is 6.62. The topological polar surface area (TPSA) is 43.9 Å². The molecule has 0 fully saturated rings. The van der Waals surface area contributed by atoms with Crippen LogP contribution in [0.5, 0.6) is 0 Å². The maximum absolute atomic E-state index is 7.87. The molecule has 210 valence electrons. The Hall–Kier alpha value is -4.96. The minimum absolute atomic E-state index is 0.0136. The molecule has 4 nitrogen and oxygen atoms in total. The number of hydrogen-bond donors (Lipinski definition) is 0. The number of para-hydroxylation sites is 3. The predicted octanol–water partition coefficient (Wildman–Crippen LogP) is 10.8. The Bertz CT molecular complexity index is 2480. The van der Waals surface area contributed by atoms with Gasteiger partial charge in [0.05, 0.1) is 22.3 Å². The summed E-state index contributed by atoms with van der Waals surface area (Å²) in [4.78, 5) is 9.68. The van der Waals surface area contributed by atoms with Gasteiger partial charge in [-0.25, -0.2) is 9.97 Å². The third-order valence-electron chi connectivity index (χ3n) is 8.68. The van der Waals surface area contributed by atoms with Gasteiger partial charge in [0, 0.05) is 20.6 Å². The minimum atomic E-state index is -2.33. The number of aromatic nitrogens is 3. The van der Waals surface area contributed by atoms with E-state index in [-0.39, 0.29) is 17.5 Å². The lowest BCUT2D eigenvalue weighted by molar-refractivity contribution is 0.653. The molecule has 4 heteroatoms. The van der Waals surface area contributed by atoms with Gasteiger partial charge in [0.2, 0.25) is 5.71 Å². The summed E-state index contributed by atoms with van der Waals surface area (Å²) in [5.74, 6) is 1.22. The number of pyridine rings is 1. The molecule has 0 saturated heterocycles. The first-order valence-electron chi connectivity index (χ1n) is 16.4. The molecule has 0 radical (unpaired) electrons. The average molecular weight is 563 g/mol. The van der Waals surface area contributed by atoms with Gasteiger partial charge in [-0.05, 0) is 87.8 Å². The minimum Gasteiger partial charge on any atom is -0.437 e. The summed E-state index contributed by atoms with van der Waals surface area (Å²) >= 11 is 0. The second-order valence-electron chi connectivity index (χ2n) is 12.0. The molecule has 5 aromatic carbocycles. The molecule has 43 heavy (non-hydrogen) atoms. The van der Waals surface area contributed by atoms with Crippen LogP contribution in [-0.4, -0.2) is 14.5 Å². The van der Waals surface area contributed by atoms with Crippen LogP contribution in [0.1, 0.15) is 60.5 Å². The van der Waals surface area contributed by atoms with Gasteiger partial charge < -0.3 is 4.42 Å². The van der Waals surface area contributed by atoms with E-state index in [4.69, 9.17) is 13.5 Å². The van der Waals surface area contributed by atoms with Crippen molar-refractivity contribution in [2.45, 2.75) is 46.4 Å². The second-order valence-corrected chi connectivity index (χ2v) is 12.0. The molecule has 0 amide bonds. The molecule has 8 rings (SSSR count). The molecule has 0 saturated carbocycles. The van der Waals surface area contributed by atoms with Gasteiger partial charge in [-0.1, -0.05) is 88.4 Å². The molecule has 0 atom stereocenters. The number of furan rings is 1. The van der Waals surface area contributed by atoms with Gasteiger partial charge in [0.1, 0.15) is 11.4 Å². The van der Waals surface area contributed by atoms with Gasteiger partial charge in [-0.15, -0.1) is 0 Å². The zero-order valence-corrected chi connectivity index (χ0v) is 24.6. The van der Waals surface area contributed by atoms with Crippen molar-refractivity contribution in [3.63, 3.8) is 0 Å². The molecule has 0 aliphatic rings. The Kier molecular flexibility index (Phi) is 5.01. The maximum Gasteiger partial charge on any atom is 0.227 e. The summed E-state index contributed by atoms with van der Waals surface area (Å²) < 4.78 is 32.4. The van der Waals surface area contributed by atoms with Crippen LogP contribution in [-0.2, 0) is 0 Å². The van der Waals surface area contributed by atoms with Crippen molar-refractivity contribution in [3.8, 4) is 17.1 Å². The van der Waals surface area contributed by atoms with E-state index >= 15 is 0 Å². The molecule has 0 N–H and O–H groups in total. The number of fused-ring (bicyclic) bond motifs is 7. The lowest BCUT2D eigenvalue weighted by Gasteiger charge is -2.25. The lowest BCUT2D eigenvalue weighted by Crippen LogP contribution is -2.10. The molecule has 8 aromatic rings. The highest BCUT2D eigenvalue weighted by Crippen LogP contribution is 2.44. The highest BCUT2D eigenvalue weighted by Gasteiger charge is 2.26. The van der Waals surface area contributed by atoms with E-state index < -0.39 is 6.85 Å². The van der Waals surface area contributed by atoms with Gasteiger partial charge in [0.15, 0.2) is 0 Å². The first-order valence-corrected chi connectivity index (χ1v) is 14.9. The second kappa shape index (κ2) is 9.53. The Balaban J connectivity index is 1.51. The van der Waals surface area contributed by atoms with E-state index in [1.165, 1.54) is 32.7 Å². The van der Waals surface area contributed by atoms with Crippen LogP contribution in [0.2, 0.25) is 0 Å². The van der Waals surface area contributed by atoms with Crippen LogP contribution >= 0.6 is 0 Å². The van der Waals surface area contributed by atoms with Crippen molar-refractivity contribution in [2.24, 2.45) is 0 Å². The molecular formula is C39H33N3O. The van der Waals surface area contributed by atoms with Gasteiger partial charge in [-0.3, -0.25) is 4.57 Å². The first kappa shape index (κ1) is 22.6. The van der Waals surface area contributed by atoms with Crippen LogP contribution in [0.3, 0.4) is 0 Å². The normalized spacial score (nSPS) is 13.6. The van der Waals surface area contributed by atoms with Crippen molar-refractivity contribution in [1.29, 1.82) is 0 Å². The fourth-order valence-corrected chi connectivity index (χ4v) is 6.76. The van der Waals surface area contributed by atoms with E-state index in [0.717, 1.165) is 38.9 Å². The van der Waals surface area contributed by atoms with Crippen molar-refractivity contribution in [3.05, 3.63) is 114 Å². The summed E-state index contributed by atoms with van der Waals surface area (Å²) in [6, 6.07) is 33.1. The number of nitrogens with zero attached hydrogens (tertiary/aromatic N) is 3. The van der Waals surface area contributed by atoms with Crippen molar-refractivity contribution in [2.75, 3.05) is 0 Å². The monoisotopic (exact) mass is 562 g/mol. The highest BCUT2D eigenvalue weighted by atomic mass is 16.3. The third kappa shape index (κ3) is 3.82. The van der Waals surface area contributed by atoms with E-state index in [1.807, 2.05) is 24.3 Å². The first-order chi connectivity index (χ1) is 22.1. The Morgan fingerprint density at radius 1 is 0.698 bits per heavy atom. The van der Waals surface area contributed by atoms with E-state index in [1.54, 1.807) is 12.1 Å². The predicted molar refractivity (Wildman–Crippen MR) is 180 cm³/mol. The number of benzene rings is 5. The SMILES string of the molecule is [2H]C([2H])([2H])c1ccc2c(n1)oc1c(-c3nc4ccccc4n3-c3c(C(C)C)cc4c(ccc5ccccc54)c3C(C)C)cccc12. The van der Waals surface area contributed by atoms with E-state index in [9.17, 15) is 0 Å². The van der Waals surface area contributed by atoms with Gasteiger partial charge >= 0.3 is 0 Å². The number of hydrogen-bond acceptors (Lipinski definition) is 3. The zero-order valence-electron chi connectivity index (χ0n) is 27.6. The van der Waals surface area contributed by atoms with Crippen LogP contribution in [0, 0.1) is 6.85 Å². The fraction of sp³-hybridized carbons (Fsp3) is 0.179. The molecule has 0 bridgehead atoms. The van der Waals surface area contributed by atoms with Crippen LogP contribution < -0.4 is 0 Å². The Morgan fingerprint density at radius 2 is 1.49 bits per heavy atom. The Labute approximate surface area is 254 Å². The Morgan fingerprint density at radius 3 is 2.33 bits per heavy atom. The van der Waals surface area contributed by atoms with Gasteiger partial charge in [-0.2, -0.15) is 0 Å². The number of aryl methyl sites for hydroxylation is 1. The number of imidazole rings is 1. The molecule has 0 unspecified atom stereocenters. The van der Waals surface area contributed by atoms with Crippen LogP contribution in [0.15, 0.2) is 101 Å². The summed E-state index contributed by atoms with van der Waals surface area (Å²) in [6.07, 6.45) is 0. The standard InChI is InChI=1S/C39H33N3O/c1-22(2)31-21-32-26-12-7-6-11-25(26)18-20-27(32)35(23(3)4)36(31)42-34-16-9-8-15-33(34)41-38(42)30-14-10-13-28-29-19-17-24(5)40-39(29)43-37(28)30/h6-23H,1-5H3/i5D3. The maximum atomic E-state index is 7.87. The summed E-state index contributed by atoms with van der Waals surface area (Å²) in [5.41, 5.74) is 7.34. The van der Waals surface area contributed by atoms with Gasteiger partial charge in [0.25, 0.3) is 0 Å². The van der Waals surface area contributed by atoms with Crippen LogP contribution in [0.25, 0.3) is 71.7 Å². The average Bonchev–Trinajstić information content (AvgIpc) is 3.61. The van der Waals surface area contributed by atoms with E-state index in [0.29, 0.717) is 11.3 Å².